The number of hydrogen-bond acceptors (Lipinski definition) is 30. The van der Waals surface area contributed by atoms with E-state index in [9.17, 15) is 95.9 Å². The molecule has 10 aliphatic heterocycles. The lowest BCUT2D eigenvalue weighted by atomic mass is 9.97. The summed E-state index contributed by atoms with van der Waals surface area (Å²) in [7, 11) is 0. The maximum atomic E-state index is 12.2. The van der Waals surface area contributed by atoms with Crippen molar-refractivity contribution in [2.75, 3.05) is 32.7 Å². The van der Waals surface area contributed by atoms with Crippen LogP contribution in [0.5, 0.6) is 0 Å². The molecule has 678 valence electrons. The van der Waals surface area contributed by atoms with Gasteiger partial charge in [-0.15, -0.1) is 25.3 Å². The molecular weight excluding hydrogens is 1580 g/mol. The van der Waals surface area contributed by atoms with E-state index in [1.54, 1.807) is 0 Å². The zero-order valence-electron chi connectivity index (χ0n) is 72.1. The van der Waals surface area contributed by atoms with Gasteiger partial charge in [0, 0.05) is 125 Å². The molecule has 10 fully saturated rings. The Morgan fingerprint density at radius 1 is 0.240 bits per heavy atom. The summed E-state index contributed by atoms with van der Waals surface area (Å²) in [6, 6.07) is -1.47. The third-order valence-electron chi connectivity index (χ3n) is 23.1. The SMILES string of the molecule is C.CC(NC(=O)CN1C(C)CCCC1C)C(=O)ON1C(=O)CCC1=O.CC(NC(=O)CN1C(C)CCCC1C)C(=O)ON1C(=O)CCC1=O.CC(NC(=O)CN1C(C)CCCC1C)C(=O)ON1C(=O)CCC1=O.CC(NC(=O)CN1C(C)CCCC1C)C(=O)ON1C(=O)CCC1=O.CC(NC(=O)CN1C(C)CCCC1C)C(=O)ON1C(=O)CCC1=O. The molecular formula is C81H129N15O25. The Morgan fingerprint density at radius 2 is 0.347 bits per heavy atom. The fourth-order valence-corrected chi connectivity index (χ4v) is 15.6. The third-order valence-corrected chi connectivity index (χ3v) is 23.1. The molecule has 10 saturated heterocycles. The van der Waals surface area contributed by atoms with Gasteiger partial charge in [-0.25, -0.2) is 24.0 Å². The van der Waals surface area contributed by atoms with Gasteiger partial charge in [-0.2, -0.15) is 0 Å². The van der Waals surface area contributed by atoms with Crippen LogP contribution in [0.2, 0.25) is 0 Å². The summed E-state index contributed by atoms with van der Waals surface area (Å²) in [5.41, 5.74) is 0. The quantitative estimate of drug-likeness (QED) is 0.0819. The number of rotatable bonds is 25. The minimum Gasteiger partial charge on any atom is -0.342 e. The van der Waals surface area contributed by atoms with E-state index in [0.29, 0.717) is 85.7 Å². The molecule has 40 heteroatoms. The van der Waals surface area contributed by atoms with Crippen LogP contribution in [0, 0.1) is 0 Å². The zero-order valence-corrected chi connectivity index (χ0v) is 72.1. The average Bonchev–Trinajstić information content (AvgIpc) is 1.46. The first-order valence-electron chi connectivity index (χ1n) is 42.1. The first-order chi connectivity index (χ1) is 56.5. The molecule has 10 heterocycles. The van der Waals surface area contributed by atoms with Crippen molar-refractivity contribution in [3.8, 4) is 0 Å². The molecule has 0 bridgehead atoms. The van der Waals surface area contributed by atoms with Crippen molar-refractivity contribution < 1.29 is 120 Å². The molecule has 0 aliphatic carbocycles. The lowest BCUT2D eigenvalue weighted by Gasteiger charge is -2.38. The first-order valence-corrected chi connectivity index (χ1v) is 42.1. The normalized spacial score (nSPS) is 26.2. The van der Waals surface area contributed by atoms with Crippen LogP contribution in [-0.4, -0.2) is 292 Å². The number of piperidine rings is 5. The summed E-state index contributed by atoms with van der Waals surface area (Å²) in [4.78, 5) is 270. The van der Waals surface area contributed by atoms with E-state index < -0.39 is 119 Å². The molecule has 0 spiro atoms. The number of amides is 15. The van der Waals surface area contributed by atoms with Gasteiger partial charge in [0.15, 0.2) is 0 Å². The predicted molar refractivity (Wildman–Crippen MR) is 428 cm³/mol. The minimum atomic E-state index is -0.936. The van der Waals surface area contributed by atoms with Gasteiger partial charge in [-0.3, -0.25) is 96.4 Å². The second-order valence-electron chi connectivity index (χ2n) is 32.9. The van der Waals surface area contributed by atoms with Gasteiger partial charge in [-0.1, -0.05) is 39.5 Å². The number of nitrogens with one attached hydrogen (secondary N) is 5. The van der Waals surface area contributed by atoms with Crippen molar-refractivity contribution in [3.05, 3.63) is 0 Å². The lowest BCUT2D eigenvalue weighted by Crippen LogP contribution is -2.51. The molecule has 15 amide bonds. The van der Waals surface area contributed by atoms with E-state index in [4.69, 9.17) is 24.2 Å². The fraction of sp³-hybridized carbons (Fsp3) is 0.753. The van der Waals surface area contributed by atoms with Crippen LogP contribution in [0.25, 0.3) is 0 Å². The van der Waals surface area contributed by atoms with Crippen molar-refractivity contribution >= 4 is 118 Å². The molecule has 121 heavy (non-hydrogen) atoms. The predicted octanol–water partition coefficient (Wildman–Crippen LogP) is 2.44. The van der Waals surface area contributed by atoms with Crippen molar-refractivity contribution in [1.29, 1.82) is 0 Å². The third kappa shape index (κ3) is 30.6. The van der Waals surface area contributed by atoms with Crippen LogP contribution in [0.15, 0.2) is 0 Å². The maximum absolute atomic E-state index is 12.2. The van der Waals surface area contributed by atoms with Crippen molar-refractivity contribution in [1.82, 2.24) is 76.4 Å². The summed E-state index contributed by atoms with van der Waals surface area (Å²) >= 11 is 0. The van der Waals surface area contributed by atoms with Crippen LogP contribution in [-0.2, 0) is 120 Å². The molecule has 40 nitrogen and oxygen atoms in total. The monoisotopic (exact) mass is 1710 g/mol. The standard InChI is InChI=1S/5C16H25N3O5.CH4/c5*1-10-5-4-6-11(2)18(10)9-13(20)17-12(3)16(23)24-19-14(21)7-8-15(19)22;/h5*10-12H,4-9H2,1-3H3,(H,17,20);1H4. The van der Waals surface area contributed by atoms with Crippen molar-refractivity contribution in [2.24, 2.45) is 0 Å². The van der Waals surface area contributed by atoms with Crippen LogP contribution in [0.4, 0.5) is 0 Å². The smallest absolute Gasteiger partial charge is 0.342 e. The van der Waals surface area contributed by atoms with E-state index in [0.717, 1.165) is 96.3 Å². The van der Waals surface area contributed by atoms with Crippen LogP contribution in [0.3, 0.4) is 0 Å². The largest absolute Gasteiger partial charge is 0.354 e. The van der Waals surface area contributed by atoms with Crippen molar-refractivity contribution in [2.45, 2.75) is 362 Å². The Bertz CT molecular complexity index is 3100. The molecule has 0 aromatic carbocycles. The van der Waals surface area contributed by atoms with Crippen LogP contribution < -0.4 is 26.6 Å². The van der Waals surface area contributed by atoms with E-state index in [-0.39, 0.29) is 134 Å². The van der Waals surface area contributed by atoms with Gasteiger partial charge < -0.3 is 50.8 Å². The lowest BCUT2D eigenvalue weighted by molar-refractivity contribution is -0.198. The summed E-state index contributed by atoms with van der Waals surface area (Å²) in [6.07, 6.45) is 16.7. The van der Waals surface area contributed by atoms with Gasteiger partial charge in [0.25, 0.3) is 59.1 Å². The van der Waals surface area contributed by atoms with Crippen molar-refractivity contribution in [3.63, 3.8) is 0 Å². The van der Waals surface area contributed by atoms with E-state index in [1.165, 1.54) is 34.6 Å². The second-order valence-corrected chi connectivity index (χ2v) is 32.9. The molecule has 0 aromatic rings. The Morgan fingerprint density at radius 3 is 0.455 bits per heavy atom. The number of carbonyl (C=O) groups is 20. The highest BCUT2D eigenvalue weighted by atomic mass is 16.7. The molecule has 0 aromatic heterocycles. The fourth-order valence-electron chi connectivity index (χ4n) is 15.6. The zero-order chi connectivity index (χ0) is 89.3. The molecule has 15 atom stereocenters. The summed E-state index contributed by atoms with van der Waals surface area (Å²) in [5.74, 6) is -10.9. The number of carbonyl (C=O) groups excluding carboxylic acids is 20. The van der Waals surface area contributed by atoms with Gasteiger partial charge >= 0.3 is 29.8 Å². The van der Waals surface area contributed by atoms with E-state index in [1.807, 2.05) is 0 Å². The molecule has 5 N–H and O–H groups in total. The summed E-state index contributed by atoms with van der Waals surface area (Å²) in [6.45, 7) is 29.3. The highest BCUT2D eigenvalue weighted by Gasteiger charge is 2.42. The topological polar surface area (TPSA) is 480 Å². The number of nitrogens with zero attached hydrogens (tertiary/aromatic N) is 10. The van der Waals surface area contributed by atoms with Gasteiger partial charge in [0.05, 0.1) is 32.7 Å². The Kier molecular flexibility index (Phi) is 40.5. The highest BCUT2D eigenvalue weighted by Crippen LogP contribution is 2.28. The maximum Gasteiger partial charge on any atom is 0.354 e. The molecule has 0 saturated carbocycles. The summed E-state index contributed by atoms with van der Waals surface area (Å²) < 4.78 is 0. The second kappa shape index (κ2) is 48.2. The number of hydroxylamine groups is 10. The van der Waals surface area contributed by atoms with Gasteiger partial charge in [-0.05, 0) is 168 Å². The number of likely N-dealkylation sites (tertiary alicyclic amines) is 5. The average molecular weight is 1710 g/mol. The Balaban J connectivity index is 0.000000268. The first kappa shape index (κ1) is 102. The minimum absolute atomic E-state index is 0. The molecule has 10 rings (SSSR count). The van der Waals surface area contributed by atoms with Crippen LogP contribution in [0.1, 0.15) is 272 Å². The van der Waals surface area contributed by atoms with E-state index in [2.05, 4.69) is 120 Å². The highest BCUT2D eigenvalue weighted by molar-refractivity contribution is 6.05. The molecule has 15 unspecified atom stereocenters. The number of hydrogen-bond donors (Lipinski definition) is 5. The van der Waals surface area contributed by atoms with Crippen LogP contribution >= 0.6 is 0 Å². The van der Waals surface area contributed by atoms with E-state index >= 15 is 0 Å². The van der Waals surface area contributed by atoms with Gasteiger partial charge in [0.2, 0.25) is 29.5 Å². The Hall–Kier alpha value is -9.80. The number of imide groups is 5. The summed E-state index contributed by atoms with van der Waals surface area (Å²) in [5, 5.41) is 15.3. The molecule has 0 radical (unpaired) electrons. The van der Waals surface area contributed by atoms with Gasteiger partial charge in [0.1, 0.15) is 30.2 Å². The molecule has 10 aliphatic rings. The Labute approximate surface area is 707 Å².